The highest BCUT2D eigenvalue weighted by atomic mass is 79.9. The van der Waals surface area contributed by atoms with E-state index in [0.29, 0.717) is 18.8 Å². The molecule has 0 aliphatic carbocycles. The number of nitrogens with one attached hydrogen (secondary N) is 2. The van der Waals surface area contributed by atoms with Gasteiger partial charge in [0.05, 0.1) is 0 Å². The summed E-state index contributed by atoms with van der Waals surface area (Å²) < 4.78 is 0.933. The third-order valence-electron chi connectivity index (χ3n) is 3.62. The van der Waals surface area contributed by atoms with Gasteiger partial charge in [-0.05, 0) is 42.0 Å². The Labute approximate surface area is 148 Å². The van der Waals surface area contributed by atoms with E-state index in [1.54, 1.807) is 23.1 Å². The topological polar surface area (TPSA) is 61.4 Å². The number of halogens is 1. The van der Waals surface area contributed by atoms with Crippen molar-refractivity contribution in [2.75, 3.05) is 23.3 Å². The van der Waals surface area contributed by atoms with E-state index in [1.165, 1.54) is 6.08 Å². The Hall–Kier alpha value is -2.60. The Morgan fingerprint density at radius 1 is 1.17 bits per heavy atom. The molecular weight excluding hydrogens is 370 g/mol. The molecule has 5 nitrogen and oxygen atoms in total. The van der Waals surface area contributed by atoms with Gasteiger partial charge in [-0.25, -0.2) is 4.79 Å². The number of carbonyl (C=O) groups excluding carboxylic acids is 2. The Balaban J connectivity index is 1.62. The van der Waals surface area contributed by atoms with E-state index in [-0.39, 0.29) is 11.9 Å². The molecule has 6 heteroatoms. The number of rotatable bonds is 4. The van der Waals surface area contributed by atoms with Crippen molar-refractivity contribution in [3.05, 3.63) is 64.6 Å². The van der Waals surface area contributed by atoms with Crippen LogP contribution in [-0.2, 0) is 4.79 Å². The summed E-state index contributed by atoms with van der Waals surface area (Å²) in [5.41, 5.74) is 2.43. The van der Waals surface area contributed by atoms with Gasteiger partial charge in [-0.1, -0.05) is 34.1 Å². The minimum absolute atomic E-state index is 0.0943. The van der Waals surface area contributed by atoms with Gasteiger partial charge in [-0.2, -0.15) is 0 Å². The van der Waals surface area contributed by atoms with Crippen LogP contribution in [0.4, 0.5) is 16.2 Å². The van der Waals surface area contributed by atoms with Gasteiger partial charge >= 0.3 is 6.03 Å². The van der Waals surface area contributed by atoms with Gasteiger partial charge in [0.15, 0.2) is 0 Å². The van der Waals surface area contributed by atoms with Gasteiger partial charge in [0, 0.05) is 35.0 Å². The summed E-state index contributed by atoms with van der Waals surface area (Å²) in [5.74, 6) is -0.211. The summed E-state index contributed by atoms with van der Waals surface area (Å²) in [4.78, 5) is 25.3. The molecule has 3 rings (SSSR count). The van der Waals surface area contributed by atoms with E-state index in [0.717, 1.165) is 15.7 Å². The second kappa shape index (κ2) is 7.31. The van der Waals surface area contributed by atoms with Crippen molar-refractivity contribution in [2.45, 2.75) is 0 Å². The van der Waals surface area contributed by atoms with Crippen LogP contribution < -0.4 is 15.5 Å². The average Bonchev–Trinajstić information content (AvgIpc) is 3.01. The normalized spacial score (nSPS) is 14.0. The van der Waals surface area contributed by atoms with E-state index in [2.05, 4.69) is 26.6 Å². The van der Waals surface area contributed by atoms with Crippen LogP contribution in [0.5, 0.6) is 0 Å². The standard InChI is InChI=1S/C18H16BrN3O2/c19-16-4-2-1-3-13(16)5-10-17(23)21-14-6-8-15(9-7-14)22-12-11-20-18(22)24/h1-10H,11-12H2,(H,20,24)(H,21,23)/b10-5+. The maximum Gasteiger partial charge on any atom is 0.321 e. The van der Waals surface area contributed by atoms with Gasteiger partial charge in [-0.3, -0.25) is 9.69 Å². The van der Waals surface area contributed by atoms with Crippen LogP contribution in [0, 0.1) is 0 Å². The van der Waals surface area contributed by atoms with Crippen LogP contribution in [0.15, 0.2) is 59.1 Å². The predicted octanol–water partition coefficient (Wildman–Crippen LogP) is 3.63. The second-order valence-electron chi connectivity index (χ2n) is 5.27. The Kier molecular flexibility index (Phi) is 4.96. The molecule has 2 aromatic carbocycles. The first-order chi connectivity index (χ1) is 11.6. The molecule has 0 spiro atoms. The summed E-state index contributed by atoms with van der Waals surface area (Å²) >= 11 is 3.44. The third kappa shape index (κ3) is 3.83. The monoisotopic (exact) mass is 385 g/mol. The number of urea groups is 1. The summed E-state index contributed by atoms with van der Waals surface area (Å²) in [6.07, 6.45) is 3.24. The molecule has 122 valence electrons. The van der Waals surface area contributed by atoms with Gasteiger partial charge in [0.25, 0.3) is 0 Å². The van der Waals surface area contributed by atoms with Gasteiger partial charge < -0.3 is 10.6 Å². The van der Waals surface area contributed by atoms with Crippen LogP contribution in [0.1, 0.15) is 5.56 Å². The van der Waals surface area contributed by atoms with E-state index in [9.17, 15) is 9.59 Å². The molecule has 0 saturated carbocycles. The Bertz CT molecular complexity index is 787. The quantitative estimate of drug-likeness (QED) is 0.789. The zero-order chi connectivity index (χ0) is 16.9. The number of hydrogen-bond donors (Lipinski definition) is 2. The average molecular weight is 386 g/mol. The number of anilines is 2. The lowest BCUT2D eigenvalue weighted by molar-refractivity contribution is -0.111. The van der Waals surface area contributed by atoms with Crippen LogP contribution in [0.25, 0.3) is 6.08 Å². The molecule has 0 aromatic heterocycles. The van der Waals surface area contributed by atoms with Crippen LogP contribution in [0.3, 0.4) is 0 Å². The number of amides is 3. The number of benzene rings is 2. The first kappa shape index (κ1) is 16.3. The SMILES string of the molecule is O=C(/C=C/c1ccccc1Br)Nc1ccc(N2CCNC2=O)cc1. The van der Waals surface area contributed by atoms with Gasteiger partial charge in [-0.15, -0.1) is 0 Å². The van der Waals surface area contributed by atoms with Crippen molar-refractivity contribution in [2.24, 2.45) is 0 Å². The van der Waals surface area contributed by atoms with Crippen molar-refractivity contribution >= 4 is 45.3 Å². The molecule has 2 N–H and O–H groups in total. The van der Waals surface area contributed by atoms with E-state index < -0.39 is 0 Å². The first-order valence-corrected chi connectivity index (χ1v) is 8.32. The lowest BCUT2D eigenvalue weighted by atomic mass is 10.2. The molecule has 0 unspecified atom stereocenters. The largest absolute Gasteiger partial charge is 0.336 e. The zero-order valence-corrected chi connectivity index (χ0v) is 14.4. The molecule has 0 bridgehead atoms. The molecule has 1 heterocycles. The van der Waals surface area contributed by atoms with Crippen LogP contribution in [-0.4, -0.2) is 25.0 Å². The van der Waals surface area contributed by atoms with E-state index in [4.69, 9.17) is 0 Å². The fourth-order valence-corrected chi connectivity index (χ4v) is 2.82. The Morgan fingerprint density at radius 2 is 1.92 bits per heavy atom. The summed E-state index contributed by atoms with van der Waals surface area (Å²) in [5, 5.41) is 5.56. The van der Waals surface area contributed by atoms with Crippen molar-refractivity contribution < 1.29 is 9.59 Å². The predicted molar refractivity (Wildman–Crippen MR) is 99.0 cm³/mol. The second-order valence-corrected chi connectivity index (χ2v) is 6.13. The smallest absolute Gasteiger partial charge is 0.321 e. The molecule has 0 atom stereocenters. The Morgan fingerprint density at radius 3 is 2.58 bits per heavy atom. The number of hydrogen-bond acceptors (Lipinski definition) is 2. The molecule has 3 amide bonds. The van der Waals surface area contributed by atoms with Crippen LogP contribution in [0.2, 0.25) is 0 Å². The maximum absolute atomic E-state index is 12.0. The number of carbonyl (C=O) groups is 2. The minimum atomic E-state index is -0.211. The highest BCUT2D eigenvalue weighted by molar-refractivity contribution is 9.10. The molecule has 1 aliphatic rings. The highest BCUT2D eigenvalue weighted by Gasteiger charge is 2.20. The van der Waals surface area contributed by atoms with Crippen molar-refractivity contribution in [3.63, 3.8) is 0 Å². The van der Waals surface area contributed by atoms with Crippen LogP contribution >= 0.6 is 15.9 Å². The highest BCUT2D eigenvalue weighted by Crippen LogP contribution is 2.20. The molecule has 1 fully saturated rings. The van der Waals surface area contributed by atoms with Crippen molar-refractivity contribution in [3.8, 4) is 0 Å². The molecule has 0 radical (unpaired) electrons. The lowest BCUT2D eigenvalue weighted by Crippen LogP contribution is -2.27. The molecule has 1 saturated heterocycles. The fraction of sp³-hybridized carbons (Fsp3) is 0.111. The third-order valence-corrected chi connectivity index (χ3v) is 4.34. The lowest BCUT2D eigenvalue weighted by Gasteiger charge is -2.14. The maximum atomic E-state index is 12.0. The first-order valence-electron chi connectivity index (χ1n) is 7.52. The zero-order valence-electron chi connectivity index (χ0n) is 12.8. The van der Waals surface area contributed by atoms with Crippen molar-refractivity contribution in [1.29, 1.82) is 0 Å². The number of nitrogens with zero attached hydrogens (tertiary/aromatic N) is 1. The molecule has 2 aromatic rings. The fourth-order valence-electron chi connectivity index (χ4n) is 2.40. The molecule has 1 aliphatic heterocycles. The minimum Gasteiger partial charge on any atom is -0.336 e. The van der Waals surface area contributed by atoms with E-state index >= 15 is 0 Å². The summed E-state index contributed by atoms with van der Waals surface area (Å²) in [7, 11) is 0. The van der Waals surface area contributed by atoms with Gasteiger partial charge in [0.1, 0.15) is 0 Å². The molecular formula is C18H16BrN3O2. The van der Waals surface area contributed by atoms with E-state index in [1.807, 2.05) is 36.4 Å². The summed E-state index contributed by atoms with van der Waals surface area (Å²) in [6, 6.07) is 14.8. The van der Waals surface area contributed by atoms with Gasteiger partial charge in [0.2, 0.25) is 5.91 Å². The summed E-state index contributed by atoms with van der Waals surface area (Å²) in [6.45, 7) is 1.30. The molecule has 24 heavy (non-hydrogen) atoms. The van der Waals surface area contributed by atoms with Crippen molar-refractivity contribution in [1.82, 2.24) is 5.32 Å².